The molecule has 3 N–H and O–H groups in total. The molecule has 4 nitrogen and oxygen atoms in total. The lowest BCUT2D eigenvalue weighted by atomic mass is 10.1. The summed E-state index contributed by atoms with van der Waals surface area (Å²) in [6, 6.07) is 7.66. The molecule has 6 heteroatoms. The van der Waals surface area contributed by atoms with Crippen molar-refractivity contribution in [2.45, 2.75) is 19.4 Å². The fraction of sp³-hybridized carbons (Fsp3) is 0.455. The number of hydrogen-bond donors (Lipinski definition) is 2. The number of sulfonamides is 1. The lowest BCUT2D eigenvalue weighted by molar-refractivity contribution is 0.561. The molecular formula is C11H17ClN2O2S. The summed E-state index contributed by atoms with van der Waals surface area (Å²) < 4.78 is 21.5. The van der Waals surface area contributed by atoms with Gasteiger partial charge in [0.05, 0.1) is 5.75 Å². The Bertz CT molecular complexity index is 462. The van der Waals surface area contributed by atoms with E-state index in [0.717, 1.165) is 5.56 Å². The van der Waals surface area contributed by atoms with Crippen LogP contribution in [0, 0.1) is 0 Å². The summed E-state index contributed by atoms with van der Waals surface area (Å²) in [5, 5.41) is 8.83. The highest BCUT2D eigenvalue weighted by Crippen LogP contribution is 2.21. The maximum atomic E-state index is 10.7. The first kappa shape index (κ1) is 14.4. The first-order valence-corrected chi connectivity index (χ1v) is 7.48. The van der Waals surface area contributed by atoms with Crippen LogP contribution in [0.25, 0.3) is 0 Å². The average Bonchev–Trinajstić information content (AvgIpc) is 2.23. The third-order valence-corrected chi connectivity index (χ3v) is 3.63. The first-order chi connectivity index (χ1) is 7.90. The molecular weight excluding hydrogens is 260 g/mol. The van der Waals surface area contributed by atoms with Crippen molar-refractivity contribution in [1.82, 2.24) is 5.32 Å². The van der Waals surface area contributed by atoms with E-state index in [9.17, 15) is 8.42 Å². The Hall–Kier alpha value is -0.620. The van der Waals surface area contributed by atoms with Crippen LogP contribution in [0.1, 0.15) is 24.9 Å². The molecule has 0 amide bonds. The molecule has 0 aliphatic rings. The van der Waals surface area contributed by atoms with Gasteiger partial charge in [-0.1, -0.05) is 29.8 Å². The van der Waals surface area contributed by atoms with Crippen molar-refractivity contribution in [3.05, 3.63) is 34.9 Å². The van der Waals surface area contributed by atoms with E-state index in [1.54, 1.807) is 0 Å². The zero-order valence-corrected chi connectivity index (χ0v) is 11.3. The molecule has 0 radical (unpaired) electrons. The lowest BCUT2D eigenvalue weighted by Crippen LogP contribution is -2.24. The molecule has 0 saturated carbocycles. The van der Waals surface area contributed by atoms with Gasteiger partial charge >= 0.3 is 0 Å². The molecule has 17 heavy (non-hydrogen) atoms. The van der Waals surface area contributed by atoms with E-state index in [0.29, 0.717) is 18.0 Å². The van der Waals surface area contributed by atoms with Gasteiger partial charge in [-0.3, -0.25) is 0 Å². The van der Waals surface area contributed by atoms with Crippen LogP contribution in [-0.4, -0.2) is 20.7 Å². The maximum Gasteiger partial charge on any atom is 0.209 e. The molecule has 0 bridgehead atoms. The second kappa shape index (κ2) is 6.35. The zero-order chi connectivity index (χ0) is 12.9. The highest BCUT2D eigenvalue weighted by molar-refractivity contribution is 7.89. The second-order valence-corrected chi connectivity index (χ2v) is 6.06. The number of benzene rings is 1. The number of nitrogens with one attached hydrogen (secondary N) is 1. The third-order valence-electron chi connectivity index (χ3n) is 2.43. The van der Waals surface area contributed by atoms with E-state index in [2.05, 4.69) is 5.32 Å². The van der Waals surface area contributed by atoms with Gasteiger partial charge in [-0.25, -0.2) is 13.6 Å². The minimum atomic E-state index is -3.36. The normalized spacial score (nSPS) is 13.6. The molecule has 0 fully saturated rings. The molecule has 1 aromatic rings. The van der Waals surface area contributed by atoms with Crippen LogP contribution in [-0.2, 0) is 10.0 Å². The van der Waals surface area contributed by atoms with Gasteiger partial charge in [-0.05, 0) is 31.5 Å². The van der Waals surface area contributed by atoms with Gasteiger partial charge < -0.3 is 5.32 Å². The number of halogens is 1. The largest absolute Gasteiger partial charge is 0.310 e. The summed E-state index contributed by atoms with van der Waals surface area (Å²) in [6.07, 6.45) is 0.494. The Morgan fingerprint density at radius 2 is 2.06 bits per heavy atom. The summed E-state index contributed by atoms with van der Waals surface area (Å²) in [4.78, 5) is 0. The lowest BCUT2D eigenvalue weighted by Gasteiger charge is -2.15. The summed E-state index contributed by atoms with van der Waals surface area (Å²) in [5.74, 6) is -0.00472. The molecule has 0 aliphatic carbocycles. The van der Waals surface area contributed by atoms with Crippen LogP contribution in [0.4, 0.5) is 0 Å². The highest BCUT2D eigenvalue weighted by atomic mass is 35.5. The van der Waals surface area contributed by atoms with Crippen molar-refractivity contribution in [2.24, 2.45) is 5.14 Å². The SMILES string of the molecule is C[C@H](NCCCS(N)(=O)=O)c1ccccc1Cl. The quantitative estimate of drug-likeness (QED) is 0.777. The van der Waals surface area contributed by atoms with Crippen molar-refractivity contribution in [3.63, 3.8) is 0 Å². The van der Waals surface area contributed by atoms with Crippen LogP contribution >= 0.6 is 11.6 Å². The van der Waals surface area contributed by atoms with E-state index >= 15 is 0 Å². The summed E-state index contributed by atoms with van der Waals surface area (Å²) in [5.41, 5.74) is 1.00. The van der Waals surface area contributed by atoms with E-state index in [-0.39, 0.29) is 11.8 Å². The van der Waals surface area contributed by atoms with E-state index in [1.807, 2.05) is 31.2 Å². The summed E-state index contributed by atoms with van der Waals surface area (Å²) >= 11 is 6.05. The Labute approximate surface area is 107 Å². The zero-order valence-electron chi connectivity index (χ0n) is 9.69. The predicted molar refractivity (Wildman–Crippen MR) is 70.5 cm³/mol. The van der Waals surface area contributed by atoms with Crippen molar-refractivity contribution < 1.29 is 8.42 Å². The summed E-state index contributed by atoms with van der Waals surface area (Å²) in [7, 11) is -3.36. The third kappa shape index (κ3) is 5.50. The molecule has 96 valence electrons. The molecule has 0 spiro atoms. The topological polar surface area (TPSA) is 72.2 Å². The smallest absolute Gasteiger partial charge is 0.209 e. The van der Waals surface area contributed by atoms with E-state index in [4.69, 9.17) is 16.7 Å². The Morgan fingerprint density at radius 1 is 1.41 bits per heavy atom. The Balaban J connectivity index is 2.41. The molecule has 0 heterocycles. The fourth-order valence-electron chi connectivity index (χ4n) is 1.53. The standard InChI is InChI=1S/C11H17ClN2O2S/c1-9(10-5-2-3-6-11(10)12)14-7-4-8-17(13,15)16/h2-3,5-6,9,14H,4,7-8H2,1H3,(H2,13,15,16)/t9-/m0/s1. The molecule has 1 atom stereocenters. The number of primary sulfonamides is 1. The van der Waals surface area contributed by atoms with E-state index < -0.39 is 10.0 Å². The fourth-order valence-corrected chi connectivity index (χ4v) is 2.37. The van der Waals surface area contributed by atoms with Crippen LogP contribution in [0.2, 0.25) is 5.02 Å². The molecule has 0 aliphatic heterocycles. The van der Waals surface area contributed by atoms with Gasteiger partial charge in [-0.2, -0.15) is 0 Å². The van der Waals surface area contributed by atoms with Gasteiger partial charge in [-0.15, -0.1) is 0 Å². The first-order valence-electron chi connectivity index (χ1n) is 5.38. The molecule has 1 rings (SSSR count). The van der Waals surface area contributed by atoms with Gasteiger partial charge in [0.25, 0.3) is 0 Å². The van der Waals surface area contributed by atoms with Crippen molar-refractivity contribution >= 4 is 21.6 Å². The number of nitrogens with two attached hydrogens (primary N) is 1. The van der Waals surface area contributed by atoms with Crippen LogP contribution in [0.15, 0.2) is 24.3 Å². The predicted octanol–water partition coefficient (Wildman–Crippen LogP) is 1.67. The van der Waals surface area contributed by atoms with E-state index in [1.165, 1.54) is 0 Å². The van der Waals surface area contributed by atoms with Crippen LogP contribution < -0.4 is 10.5 Å². The maximum absolute atomic E-state index is 10.7. The number of rotatable bonds is 6. The van der Waals surface area contributed by atoms with Gasteiger partial charge in [0.1, 0.15) is 0 Å². The van der Waals surface area contributed by atoms with Crippen molar-refractivity contribution in [3.8, 4) is 0 Å². The second-order valence-electron chi connectivity index (χ2n) is 3.92. The number of hydrogen-bond acceptors (Lipinski definition) is 3. The average molecular weight is 277 g/mol. The molecule has 0 saturated heterocycles. The minimum absolute atomic E-state index is 0.00472. The van der Waals surface area contributed by atoms with Gasteiger partial charge in [0.2, 0.25) is 10.0 Å². The Morgan fingerprint density at radius 3 is 2.65 bits per heavy atom. The van der Waals surface area contributed by atoms with Crippen LogP contribution in [0.5, 0.6) is 0 Å². The minimum Gasteiger partial charge on any atom is -0.310 e. The van der Waals surface area contributed by atoms with Gasteiger partial charge in [0.15, 0.2) is 0 Å². The van der Waals surface area contributed by atoms with Crippen molar-refractivity contribution in [1.29, 1.82) is 0 Å². The Kier molecular flexibility index (Phi) is 5.39. The molecule has 0 unspecified atom stereocenters. The highest BCUT2D eigenvalue weighted by Gasteiger charge is 2.08. The molecule has 0 aromatic heterocycles. The molecule has 1 aromatic carbocycles. The monoisotopic (exact) mass is 276 g/mol. The van der Waals surface area contributed by atoms with Gasteiger partial charge in [0, 0.05) is 11.1 Å². The van der Waals surface area contributed by atoms with Crippen molar-refractivity contribution in [2.75, 3.05) is 12.3 Å². The van der Waals surface area contributed by atoms with Crippen LogP contribution in [0.3, 0.4) is 0 Å². The summed E-state index contributed by atoms with van der Waals surface area (Å²) in [6.45, 7) is 2.57.